The van der Waals surface area contributed by atoms with Gasteiger partial charge in [0.1, 0.15) is 0 Å². The summed E-state index contributed by atoms with van der Waals surface area (Å²) in [4.78, 5) is 16.3. The smallest absolute Gasteiger partial charge is 0.307 e. The number of rotatable bonds is 6. The molecule has 0 amide bonds. The molecule has 3 nitrogen and oxygen atoms in total. The van der Waals surface area contributed by atoms with Crippen LogP contribution in [0.3, 0.4) is 0 Å². The fourth-order valence-electron chi connectivity index (χ4n) is 3.39. The van der Waals surface area contributed by atoms with Crippen LogP contribution in [0.1, 0.15) is 28.5 Å². The van der Waals surface area contributed by atoms with Crippen molar-refractivity contribution in [3.63, 3.8) is 0 Å². The highest BCUT2D eigenvalue weighted by Crippen LogP contribution is 2.37. The van der Waals surface area contributed by atoms with E-state index in [1.165, 1.54) is 9.75 Å². The van der Waals surface area contributed by atoms with E-state index in [2.05, 4.69) is 46.5 Å². The van der Waals surface area contributed by atoms with Crippen molar-refractivity contribution in [1.29, 1.82) is 0 Å². The first kappa shape index (κ1) is 16.4. The highest BCUT2D eigenvalue weighted by molar-refractivity contribution is 7.11. The summed E-state index contributed by atoms with van der Waals surface area (Å²) in [5.41, 5.74) is 0. The van der Waals surface area contributed by atoms with Gasteiger partial charge in [-0.05, 0) is 42.3 Å². The number of nitrogens with zero attached hydrogens (tertiary/aromatic N) is 1. The van der Waals surface area contributed by atoms with E-state index >= 15 is 0 Å². The monoisotopic (exact) mass is 347 g/mol. The van der Waals surface area contributed by atoms with Gasteiger partial charge in [0.05, 0.1) is 5.92 Å². The molecule has 2 atom stereocenters. The molecule has 3 heterocycles. The Labute approximate surface area is 144 Å². The first-order valence-electron chi connectivity index (χ1n) is 7.87. The van der Waals surface area contributed by atoms with E-state index in [0.717, 1.165) is 19.4 Å². The molecule has 0 aliphatic carbocycles. The van der Waals surface area contributed by atoms with E-state index in [0.29, 0.717) is 6.54 Å². The topological polar surface area (TPSA) is 40.5 Å². The van der Waals surface area contributed by atoms with Crippen molar-refractivity contribution in [2.45, 2.75) is 24.8 Å². The molecule has 0 aromatic carbocycles. The molecule has 2 aromatic rings. The minimum Gasteiger partial charge on any atom is -0.481 e. The number of likely N-dealkylation sites (tertiary alicyclic amines) is 1. The number of aliphatic carboxylic acids is 1. The molecule has 1 aliphatic rings. The normalized spacial score (nSPS) is 20.5. The van der Waals surface area contributed by atoms with E-state index in [-0.39, 0.29) is 17.9 Å². The summed E-state index contributed by atoms with van der Waals surface area (Å²) in [6.45, 7) is 5.62. The van der Waals surface area contributed by atoms with Crippen molar-refractivity contribution >= 4 is 28.6 Å². The van der Waals surface area contributed by atoms with E-state index in [1.807, 2.05) is 6.08 Å². The standard InChI is InChI=1S/C18H21NO2S2/c1-2-14(19-9-3-6-13(12-19)18(20)21)17(15-7-4-10-22-15)16-8-5-11-23-16/h2,4-5,7-8,10-11,13-14,17H,1,3,6,9,12H2,(H,20,21). The Hall–Kier alpha value is -1.43. The summed E-state index contributed by atoms with van der Waals surface area (Å²) in [6, 6.07) is 8.64. The number of carboxylic acids is 1. The maximum absolute atomic E-state index is 11.4. The van der Waals surface area contributed by atoms with Gasteiger partial charge in [-0.3, -0.25) is 9.69 Å². The Kier molecular flexibility index (Phi) is 5.30. The lowest BCUT2D eigenvalue weighted by Gasteiger charge is -2.39. The van der Waals surface area contributed by atoms with Crippen molar-refractivity contribution in [3.05, 3.63) is 57.4 Å². The zero-order valence-corrected chi connectivity index (χ0v) is 14.6. The number of carboxylic acid groups (broad SMARTS) is 1. The van der Waals surface area contributed by atoms with Crippen molar-refractivity contribution in [2.24, 2.45) is 5.92 Å². The maximum atomic E-state index is 11.4. The van der Waals surface area contributed by atoms with Crippen molar-refractivity contribution in [2.75, 3.05) is 13.1 Å². The highest BCUT2D eigenvalue weighted by Gasteiger charge is 2.34. The molecule has 1 fully saturated rings. The average molecular weight is 348 g/mol. The molecule has 5 heteroatoms. The molecule has 23 heavy (non-hydrogen) atoms. The average Bonchev–Trinajstić information content (AvgIpc) is 3.26. The summed E-state index contributed by atoms with van der Waals surface area (Å²) >= 11 is 3.52. The van der Waals surface area contributed by atoms with Gasteiger partial charge in [0.15, 0.2) is 0 Å². The SMILES string of the molecule is C=CC(C(c1cccs1)c1cccs1)N1CCCC(C(=O)O)C1. The molecular weight excluding hydrogens is 326 g/mol. The fourth-order valence-corrected chi connectivity index (χ4v) is 5.23. The van der Waals surface area contributed by atoms with Crippen LogP contribution in [0.25, 0.3) is 0 Å². The second-order valence-electron chi connectivity index (χ2n) is 5.91. The van der Waals surface area contributed by atoms with Crippen LogP contribution < -0.4 is 0 Å². The molecule has 0 saturated carbocycles. The number of carbonyl (C=O) groups is 1. The van der Waals surface area contributed by atoms with Gasteiger partial charge in [-0.25, -0.2) is 0 Å². The summed E-state index contributed by atoms with van der Waals surface area (Å²) in [5.74, 6) is -0.708. The lowest BCUT2D eigenvalue weighted by molar-refractivity contribution is -0.143. The van der Waals surface area contributed by atoms with Gasteiger partial charge in [-0.15, -0.1) is 29.3 Å². The van der Waals surface area contributed by atoms with Crippen LogP contribution in [-0.2, 0) is 4.79 Å². The third-order valence-corrected chi connectivity index (χ3v) is 6.42. The molecule has 0 spiro atoms. The summed E-state index contributed by atoms with van der Waals surface area (Å²) < 4.78 is 0. The Balaban J connectivity index is 1.90. The number of piperidine rings is 1. The van der Waals surface area contributed by atoms with Crippen LogP contribution in [0.4, 0.5) is 0 Å². The van der Waals surface area contributed by atoms with Crippen molar-refractivity contribution < 1.29 is 9.90 Å². The van der Waals surface area contributed by atoms with Gasteiger partial charge in [0.25, 0.3) is 0 Å². The van der Waals surface area contributed by atoms with Crippen LogP contribution in [0.15, 0.2) is 47.7 Å². The molecular formula is C18H21NO2S2. The zero-order valence-electron chi connectivity index (χ0n) is 12.9. The minimum atomic E-state index is -0.679. The van der Waals surface area contributed by atoms with Crippen LogP contribution in [-0.4, -0.2) is 35.1 Å². The van der Waals surface area contributed by atoms with Gasteiger partial charge < -0.3 is 5.11 Å². The largest absolute Gasteiger partial charge is 0.481 e. The number of hydrogen-bond donors (Lipinski definition) is 1. The fraction of sp³-hybridized carbons (Fsp3) is 0.389. The van der Waals surface area contributed by atoms with Crippen LogP contribution in [0.5, 0.6) is 0 Å². The third-order valence-electron chi connectivity index (χ3n) is 4.51. The van der Waals surface area contributed by atoms with Gasteiger partial charge in [-0.2, -0.15) is 0 Å². The van der Waals surface area contributed by atoms with E-state index in [1.54, 1.807) is 22.7 Å². The van der Waals surface area contributed by atoms with Gasteiger partial charge in [0, 0.05) is 28.3 Å². The lowest BCUT2D eigenvalue weighted by Crippen LogP contribution is -2.46. The first-order valence-corrected chi connectivity index (χ1v) is 9.63. The van der Waals surface area contributed by atoms with Crippen LogP contribution in [0.2, 0.25) is 0 Å². The quantitative estimate of drug-likeness (QED) is 0.792. The predicted octanol–water partition coefficient (Wildman–Crippen LogP) is 4.29. The van der Waals surface area contributed by atoms with Gasteiger partial charge >= 0.3 is 5.97 Å². The molecule has 1 aliphatic heterocycles. The van der Waals surface area contributed by atoms with Crippen LogP contribution >= 0.6 is 22.7 Å². The Morgan fingerprint density at radius 1 is 1.30 bits per heavy atom. The molecule has 1 N–H and O–H groups in total. The molecule has 2 unspecified atom stereocenters. The molecule has 0 bridgehead atoms. The maximum Gasteiger partial charge on any atom is 0.307 e. The molecule has 1 saturated heterocycles. The lowest BCUT2D eigenvalue weighted by atomic mass is 9.90. The summed E-state index contributed by atoms with van der Waals surface area (Å²) in [5, 5.41) is 13.6. The van der Waals surface area contributed by atoms with Crippen molar-refractivity contribution in [1.82, 2.24) is 4.90 Å². The first-order chi connectivity index (χ1) is 11.2. The minimum absolute atomic E-state index is 0.134. The summed E-state index contributed by atoms with van der Waals surface area (Å²) in [7, 11) is 0. The Morgan fingerprint density at radius 2 is 1.96 bits per heavy atom. The van der Waals surface area contributed by atoms with Gasteiger partial charge in [-0.1, -0.05) is 18.2 Å². The van der Waals surface area contributed by atoms with E-state index < -0.39 is 5.97 Å². The van der Waals surface area contributed by atoms with Crippen molar-refractivity contribution in [3.8, 4) is 0 Å². The predicted molar refractivity (Wildman–Crippen MR) is 96.4 cm³/mol. The number of thiophene rings is 2. The molecule has 122 valence electrons. The summed E-state index contributed by atoms with van der Waals surface area (Å²) in [6.07, 6.45) is 3.70. The number of hydrogen-bond acceptors (Lipinski definition) is 4. The Bertz CT molecular complexity index is 602. The molecule has 0 radical (unpaired) electrons. The zero-order chi connectivity index (χ0) is 16.2. The van der Waals surface area contributed by atoms with E-state index in [4.69, 9.17) is 0 Å². The molecule has 3 rings (SSSR count). The second kappa shape index (κ2) is 7.43. The van der Waals surface area contributed by atoms with Gasteiger partial charge in [0.2, 0.25) is 0 Å². The van der Waals surface area contributed by atoms with Crippen LogP contribution in [0, 0.1) is 5.92 Å². The second-order valence-corrected chi connectivity index (χ2v) is 7.87. The Morgan fingerprint density at radius 3 is 2.43 bits per heavy atom. The van der Waals surface area contributed by atoms with E-state index in [9.17, 15) is 9.90 Å². The third kappa shape index (κ3) is 3.57. The molecule has 2 aromatic heterocycles. The highest BCUT2D eigenvalue weighted by atomic mass is 32.1.